The summed E-state index contributed by atoms with van der Waals surface area (Å²) in [6.45, 7) is 3.50. The molecule has 276 valence electrons. The van der Waals surface area contributed by atoms with E-state index in [1.165, 1.54) is 89.5 Å². The van der Waals surface area contributed by atoms with Gasteiger partial charge in [-0.25, -0.2) is 9.36 Å². The summed E-state index contributed by atoms with van der Waals surface area (Å²) in [5, 5.41) is 0. The Balaban J connectivity index is 4.16. The van der Waals surface area contributed by atoms with Crippen LogP contribution in [0.1, 0.15) is 155 Å². The fourth-order valence-corrected chi connectivity index (χ4v) is 5.18. The second kappa shape index (κ2) is 34.6. The van der Waals surface area contributed by atoms with E-state index in [-0.39, 0.29) is 13.0 Å². The highest BCUT2D eigenvalue weighted by Crippen LogP contribution is 2.35. The lowest BCUT2D eigenvalue weighted by atomic mass is 10.1. The molecule has 0 aliphatic carbocycles. The van der Waals surface area contributed by atoms with E-state index in [1.54, 1.807) is 12.2 Å². The number of hydrogen-bond donors (Lipinski definition) is 2. The van der Waals surface area contributed by atoms with Crippen LogP contribution < -0.4 is 0 Å². The van der Waals surface area contributed by atoms with Crippen molar-refractivity contribution in [3.05, 3.63) is 60.8 Å². The van der Waals surface area contributed by atoms with Crippen LogP contribution in [0.5, 0.6) is 0 Å². The van der Waals surface area contributed by atoms with Crippen molar-refractivity contribution in [2.45, 2.75) is 161 Å². The summed E-state index contributed by atoms with van der Waals surface area (Å²) in [5.74, 6) is -1.19. The van der Waals surface area contributed by atoms with Crippen LogP contribution >= 0.6 is 7.82 Å². The Morgan fingerprint density at radius 2 is 1.08 bits per heavy atom. The zero-order valence-corrected chi connectivity index (χ0v) is 31.0. The largest absolute Gasteiger partial charge is 0.469 e. The predicted octanol–water partition coefficient (Wildman–Crippen LogP) is 11.0. The molecule has 0 aromatic rings. The van der Waals surface area contributed by atoms with Gasteiger partial charge in [0, 0.05) is 12.5 Å². The average Bonchev–Trinajstić information content (AvgIpc) is 3.05. The molecular formula is C39H67O8P. The number of rotatable bonds is 33. The number of hydrogen-bond acceptors (Lipinski definition) is 6. The zero-order valence-electron chi connectivity index (χ0n) is 30.1. The molecule has 0 aromatic carbocycles. The van der Waals surface area contributed by atoms with Crippen LogP contribution in [0, 0.1) is 0 Å². The number of allylic oxidation sites excluding steroid dienone is 9. The first-order valence-electron chi connectivity index (χ1n) is 18.6. The molecule has 0 bridgehead atoms. The Hall–Kier alpha value is -2.25. The van der Waals surface area contributed by atoms with E-state index in [2.05, 4.69) is 54.8 Å². The van der Waals surface area contributed by atoms with E-state index in [4.69, 9.17) is 19.3 Å². The number of carbonyl (C=O) groups excluding carboxylic acids is 2. The van der Waals surface area contributed by atoms with Gasteiger partial charge in [0.2, 0.25) is 0 Å². The third kappa shape index (κ3) is 36.6. The topological polar surface area (TPSA) is 119 Å². The summed E-state index contributed by atoms with van der Waals surface area (Å²) in [7, 11) is -4.78. The molecule has 0 spiro atoms. The summed E-state index contributed by atoms with van der Waals surface area (Å²) in [4.78, 5) is 42.5. The first kappa shape index (κ1) is 45.8. The van der Waals surface area contributed by atoms with Gasteiger partial charge in [0.05, 0.1) is 6.61 Å². The van der Waals surface area contributed by atoms with Crippen molar-refractivity contribution in [2.24, 2.45) is 0 Å². The molecule has 0 saturated carbocycles. The van der Waals surface area contributed by atoms with Crippen LogP contribution in [-0.4, -0.2) is 41.0 Å². The van der Waals surface area contributed by atoms with E-state index in [9.17, 15) is 14.2 Å². The van der Waals surface area contributed by atoms with Crippen LogP contribution in [0.25, 0.3) is 0 Å². The summed E-state index contributed by atoms with van der Waals surface area (Å²) >= 11 is 0. The van der Waals surface area contributed by atoms with Crippen molar-refractivity contribution >= 4 is 19.8 Å². The Labute approximate surface area is 292 Å². The lowest BCUT2D eigenvalue weighted by molar-refractivity contribution is -0.157. The summed E-state index contributed by atoms with van der Waals surface area (Å²) < 4.78 is 26.1. The highest BCUT2D eigenvalue weighted by Gasteiger charge is 2.22. The molecule has 0 radical (unpaired) electrons. The molecule has 2 N–H and O–H groups in total. The highest BCUT2D eigenvalue weighted by molar-refractivity contribution is 7.46. The minimum absolute atomic E-state index is 0.197. The average molecular weight is 695 g/mol. The molecule has 8 nitrogen and oxygen atoms in total. The van der Waals surface area contributed by atoms with Gasteiger partial charge in [0.25, 0.3) is 0 Å². The first-order chi connectivity index (χ1) is 23.3. The third-order valence-corrected chi connectivity index (χ3v) is 8.10. The Kier molecular flexibility index (Phi) is 33.0. The zero-order chi connectivity index (χ0) is 35.4. The number of ether oxygens (including phenoxy) is 2. The van der Waals surface area contributed by atoms with Crippen molar-refractivity contribution in [2.75, 3.05) is 13.2 Å². The van der Waals surface area contributed by atoms with E-state index in [1.807, 2.05) is 6.08 Å². The second-order valence-electron chi connectivity index (χ2n) is 12.3. The predicted molar refractivity (Wildman–Crippen MR) is 197 cm³/mol. The number of phosphoric ester groups is 1. The fraction of sp³-hybridized carbons (Fsp3) is 0.692. The van der Waals surface area contributed by atoms with Gasteiger partial charge in [0.15, 0.2) is 6.10 Å². The quantitative estimate of drug-likeness (QED) is 0.0174. The standard InChI is InChI=1S/C39H67O8P/c1-3-5-7-9-11-13-15-17-19-21-23-25-27-29-31-33-38(40)45-35-37(36-46-48(42,43)44)47-39(41)34-32-30-28-26-24-22-20-18-16-14-12-10-8-6-4-2/h11,13,17,19,23,25,28,30,32,34,37H,3-10,12,14-16,18,20-22,24,26-27,29,31,33,35-36H2,1-2H3,(H2,42,43,44)/b13-11+,19-17+,25-23+,30-28+,34-32+/t37-/m1/s1. The first-order valence-corrected chi connectivity index (χ1v) is 20.2. The van der Waals surface area contributed by atoms with E-state index in [0.29, 0.717) is 6.42 Å². The molecule has 0 aliphatic heterocycles. The van der Waals surface area contributed by atoms with Gasteiger partial charge in [0.1, 0.15) is 6.61 Å². The number of carbonyl (C=O) groups is 2. The molecule has 0 rings (SSSR count). The Bertz CT molecular complexity index is 963. The maximum Gasteiger partial charge on any atom is 0.469 e. The second-order valence-corrected chi connectivity index (χ2v) is 13.5. The smallest absolute Gasteiger partial charge is 0.462 e. The minimum Gasteiger partial charge on any atom is -0.462 e. The van der Waals surface area contributed by atoms with Crippen molar-refractivity contribution < 1.29 is 37.9 Å². The molecule has 0 aliphatic rings. The molecule has 1 atom stereocenters. The van der Waals surface area contributed by atoms with Gasteiger partial charge in [-0.1, -0.05) is 146 Å². The van der Waals surface area contributed by atoms with Crippen molar-refractivity contribution in [3.8, 4) is 0 Å². The monoisotopic (exact) mass is 694 g/mol. The molecular weight excluding hydrogens is 627 g/mol. The summed E-state index contributed by atoms with van der Waals surface area (Å²) in [5.41, 5.74) is 0. The fourth-order valence-electron chi connectivity index (χ4n) is 4.81. The van der Waals surface area contributed by atoms with Crippen LogP contribution in [0.15, 0.2) is 60.8 Å². The Morgan fingerprint density at radius 3 is 1.67 bits per heavy atom. The summed E-state index contributed by atoms with van der Waals surface area (Å²) in [6, 6.07) is 0. The van der Waals surface area contributed by atoms with Crippen molar-refractivity contribution in [1.82, 2.24) is 0 Å². The number of unbranched alkanes of at least 4 members (excludes halogenated alkanes) is 16. The van der Waals surface area contributed by atoms with Gasteiger partial charge in [-0.2, -0.15) is 0 Å². The van der Waals surface area contributed by atoms with Gasteiger partial charge < -0.3 is 19.3 Å². The van der Waals surface area contributed by atoms with Crippen LogP contribution in [0.2, 0.25) is 0 Å². The molecule has 0 fully saturated rings. The molecule has 0 unspecified atom stereocenters. The Morgan fingerprint density at radius 1 is 0.604 bits per heavy atom. The maximum atomic E-state index is 12.2. The van der Waals surface area contributed by atoms with Crippen LogP contribution in [0.3, 0.4) is 0 Å². The lowest BCUT2D eigenvalue weighted by Gasteiger charge is -2.17. The van der Waals surface area contributed by atoms with Gasteiger partial charge in [-0.3, -0.25) is 9.32 Å². The molecule has 0 amide bonds. The van der Waals surface area contributed by atoms with E-state index in [0.717, 1.165) is 44.9 Å². The molecule has 9 heteroatoms. The lowest BCUT2D eigenvalue weighted by Crippen LogP contribution is -2.29. The third-order valence-electron chi connectivity index (χ3n) is 7.62. The minimum atomic E-state index is -4.78. The highest BCUT2D eigenvalue weighted by atomic mass is 31.2. The van der Waals surface area contributed by atoms with Crippen molar-refractivity contribution in [1.29, 1.82) is 0 Å². The van der Waals surface area contributed by atoms with Crippen LogP contribution in [-0.2, 0) is 28.2 Å². The molecule has 0 saturated heterocycles. The van der Waals surface area contributed by atoms with Gasteiger partial charge >= 0.3 is 19.8 Å². The molecule has 0 heterocycles. The van der Waals surface area contributed by atoms with Gasteiger partial charge in [-0.05, 0) is 57.8 Å². The number of esters is 2. The number of phosphoric acid groups is 1. The SMILES string of the molecule is CCCCC/C=C/C/C=C/C/C=C/CCCCC(=O)OC[C@H](COP(=O)(O)O)OC(=O)/C=C/C=C/CCCCCCCCCCCCC. The van der Waals surface area contributed by atoms with Crippen molar-refractivity contribution in [3.63, 3.8) is 0 Å². The van der Waals surface area contributed by atoms with Gasteiger partial charge in [-0.15, -0.1) is 0 Å². The molecule has 0 aromatic heterocycles. The molecule has 48 heavy (non-hydrogen) atoms. The van der Waals surface area contributed by atoms with E-state index < -0.39 is 32.5 Å². The normalized spacial score (nSPS) is 13.2. The maximum absolute atomic E-state index is 12.2. The van der Waals surface area contributed by atoms with E-state index >= 15 is 0 Å². The summed E-state index contributed by atoms with van der Waals surface area (Å²) in [6.07, 6.45) is 42.9. The van der Waals surface area contributed by atoms with Crippen LogP contribution in [0.4, 0.5) is 0 Å².